The average Bonchev–Trinajstić information content (AvgIpc) is 3.03. The predicted molar refractivity (Wildman–Crippen MR) is 109 cm³/mol. The fourth-order valence-corrected chi connectivity index (χ4v) is 3.83. The van der Waals surface area contributed by atoms with Gasteiger partial charge < -0.3 is 14.0 Å². The lowest BCUT2D eigenvalue weighted by molar-refractivity contribution is 0.0991. The fourth-order valence-electron chi connectivity index (χ4n) is 2.79. The van der Waals surface area contributed by atoms with E-state index in [4.69, 9.17) is 9.47 Å². The Morgan fingerprint density at radius 2 is 1.71 bits per heavy atom. The van der Waals surface area contributed by atoms with Gasteiger partial charge in [-0.05, 0) is 19.1 Å². The monoisotopic (exact) mass is 396 g/mol. The number of carbonyl (C=O) groups is 2. The van der Waals surface area contributed by atoms with E-state index in [1.165, 1.54) is 18.3 Å². The number of hydrogen-bond acceptors (Lipinski definition) is 5. The largest absolute Gasteiger partial charge is 0.493 e. The van der Waals surface area contributed by atoms with Crippen molar-refractivity contribution in [2.24, 2.45) is 4.99 Å². The number of Topliss-reactive ketones (excluding diaryl/α,β-unsaturated/α-hetero) is 1. The molecule has 1 amide bonds. The zero-order valence-electron chi connectivity index (χ0n) is 15.9. The normalized spacial score (nSPS) is 11.5. The van der Waals surface area contributed by atoms with Crippen LogP contribution in [-0.2, 0) is 6.54 Å². The summed E-state index contributed by atoms with van der Waals surface area (Å²) in [7, 11) is 3.15. The number of aromatic nitrogens is 1. The van der Waals surface area contributed by atoms with E-state index < -0.39 is 0 Å². The van der Waals surface area contributed by atoms with Crippen molar-refractivity contribution >= 4 is 33.2 Å². The zero-order chi connectivity index (χ0) is 20.3. The Kier molecular flexibility index (Phi) is 5.75. The molecule has 0 aliphatic heterocycles. The third-order valence-corrected chi connectivity index (χ3v) is 5.28. The summed E-state index contributed by atoms with van der Waals surface area (Å²) in [5.74, 6) is 0.786. The van der Waals surface area contributed by atoms with Gasteiger partial charge in [0, 0.05) is 29.8 Å². The van der Waals surface area contributed by atoms with Crippen molar-refractivity contribution in [3.8, 4) is 11.5 Å². The van der Waals surface area contributed by atoms with Gasteiger partial charge >= 0.3 is 0 Å². The molecule has 0 saturated carbocycles. The van der Waals surface area contributed by atoms with E-state index >= 15 is 0 Å². The number of carbonyl (C=O) groups excluding carboxylic acids is 2. The van der Waals surface area contributed by atoms with Crippen molar-refractivity contribution in [1.82, 2.24) is 4.57 Å². The van der Waals surface area contributed by atoms with Gasteiger partial charge in [0.1, 0.15) is 0 Å². The van der Waals surface area contributed by atoms with Gasteiger partial charge in [-0.25, -0.2) is 0 Å². The van der Waals surface area contributed by atoms with E-state index in [9.17, 15) is 9.59 Å². The molecule has 3 aromatic rings. The van der Waals surface area contributed by atoms with Crippen LogP contribution in [-0.4, -0.2) is 30.5 Å². The summed E-state index contributed by atoms with van der Waals surface area (Å²) in [6, 6.07) is 10.2. The highest BCUT2D eigenvalue weighted by molar-refractivity contribution is 7.16. The summed E-state index contributed by atoms with van der Waals surface area (Å²) in [5, 5.41) is 0. The molecular formula is C21H20N2O4S. The summed E-state index contributed by atoms with van der Waals surface area (Å²) >= 11 is 1.38. The van der Waals surface area contributed by atoms with E-state index in [0.717, 1.165) is 10.2 Å². The quantitative estimate of drug-likeness (QED) is 0.469. The molecule has 7 heteroatoms. The number of nitrogens with zero attached hydrogens (tertiary/aromatic N) is 2. The van der Waals surface area contributed by atoms with Crippen molar-refractivity contribution in [2.75, 3.05) is 14.2 Å². The van der Waals surface area contributed by atoms with Crippen molar-refractivity contribution in [1.29, 1.82) is 0 Å². The average molecular weight is 396 g/mol. The first kappa shape index (κ1) is 19.6. The summed E-state index contributed by atoms with van der Waals surface area (Å²) in [4.78, 5) is 28.9. The van der Waals surface area contributed by atoms with Crippen molar-refractivity contribution in [3.63, 3.8) is 0 Å². The summed E-state index contributed by atoms with van der Waals surface area (Å²) in [6.07, 6.45) is 1.74. The molecular weight excluding hydrogens is 376 g/mol. The van der Waals surface area contributed by atoms with Crippen LogP contribution in [0.2, 0.25) is 0 Å². The van der Waals surface area contributed by atoms with Gasteiger partial charge in [-0.2, -0.15) is 4.99 Å². The molecule has 0 aliphatic carbocycles. The second kappa shape index (κ2) is 8.22. The lowest BCUT2D eigenvalue weighted by atomic mass is 10.1. The standard InChI is InChI=1S/C21H20N2O4S/c1-5-10-23-16-11-17(26-3)18(27-4)12-19(16)28-21(23)22-20(25)15-8-6-14(7-9-15)13(2)24/h5-9,11-12H,1,10H2,2-4H3. The molecule has 0 atom stereocenters. The van der Waals surface area contributed by atoms with Crippen LogP contribution in [0.5, 0.6) is 11.5 Å². The minimum absolute atomic E-state index is 0.0489. The highest BCUT2D eigenvalue weighted by Crippen LogP contribution is 2.33. The molecule has 28 heavy (non-hydrogen) atoms. The van der Waals surface area contributed by atoms with Gasteiger partial charge in [0.05, 0.1) is 24.4 Å². The Morgan fingerprint density at radius 1 is 1.11 bits per heavy atom. The van der Waals surface area contributed by atoms with Crippen LogP contribution in [0.3, 0.4) is 0 Å². The van der Waals surface area contributed by atoms with E-state index in [0.29, 0.717) is 34.0 Å². The van der Waals surface area contributed by atoms with E-state index in [2.05, 4.69) is 11.6 Å². The van der Waals surface area contributed by atoms with Gasteiger partial charge in [0.2, 0.25) is 0 Å². The molecule has 0 unspecified atom stereocenters. The Hall–Kier alpha value is -3.19. The first-order valence-electron chi connectivity index (χ1n) is 8.54. The van der Waals surface area contributed by atoms with E-state index in [-0.39, 0.29) is 11.7 Å². The van der Waals surface area contributed by atoms with Crippen LogP contribution >= 0.6 is 11.3 Å². The number of methoxy groups -OCH3 is 2. The number of fused-ring (bicyclic) bond motifs is 1. The lowest BCUT2D eigenvalue weighted by Crippen LogP contribution is -2.16. The van der Waals surface area contributed by atoms with E-state index in [1.54, 1.807) is 44.6 Å². The number of benzene rings is 2. The van der Waals surface area contributed by atoms with E-state index in [1.807, 2.05) is 16.7 Å². The summed E-state index contributed by atoms with van der Waals surface area (Å²) in [6.45, 7) is 5.77. The van der Waals surface area contributed by atoms with Crippen LogP contribution in [0.1, 0.15) is 27.6 Å². The van der Waals surface area contributed by atoms with Crippen molar-refractivity contribution in [2.45, 2.75) is 13.5 Å². The molecule has 0 N–H and O–H groups in total. The van der Waals surface area contributed by atoms with Gasteiger partial charge in [-0.3, -0.25) is 9.59 Å². The molecule has 0 aliphatic rings. The predicted octanol–water partition coefficient (Wildman–Crippen LogP) is 3.85. The molecule has 0 spiro atoms. The third-order valence-electron chi connectivity index (χ3n) is 4.24. The molecule has 0 bridgehead atoms. The Labute approximate surface area is 166 Å². The maximum atomic E-state index is 12.6. The SMILES string of the molecule is C=CCn1c(=NC(=O)c2ccc(C(C)=O)cc2)sc2cc(OC)c(OC)cc21. The number of hydrogen-bond donors (Lipinski definition) is 0. The third kappa shape index (κ3) is 3.75. The zero-order valence-corrected chi connectivity index (χ0v) is 16.7. The van der Waals surface area contributed by atoms with Crippen LogP contribution in [0.4, 0.5) is 0 Å². The van der Waals surface area contributed by atoms with Gasteiger partial charge in [-0.1, -0.05) is 29.5 Å². The van der Waals surface area contributed by atoms with Crippen molar-refractivity contribution < 1.29 is 19.1 Å². The second-order valence-electron chi connectivity index (χ2n) is 6.01. The molecule has 6 nitrogen and oxygen atoms in total. The van der Waals surface area contributed by atoms with Crippen LogP contribution in [0, 0.1) is 0 Å². The number of ether oxygens (including phenoxy) is 2. The number of ketones is 1. The summed E-state index contributed by atoms with van der Waals surface area (Å²) in [5.41, 5.74) is 1.85. The first-order valence-corrected chi connectivity index (χ1v) is 9.36. The van der Waals surface area contributed by atoms with Crippen LogP contribution < -0.4 is 14.3 Å². The van der Waals surface area contributed by atoms with Crippen molar-refractivity contribution in [3.05, 3.63) is 65.0 Å². The highest BCUT2D eigenvalue weighted by Gasteiger charge is 2.13. The molecule has 0 fully saturated rings. The summed E-state index contributed by atoms with van der Waals surface area (Å²) < 4.78 is 13.6. The first-order chi connectivity index (χ1) is 13.5. The highest BCUT2D eigenvalue weighted by atomic mass is 32.1. The number of allylic oxidation sites excluding steroid dienone is 1. The molecule has 3 rings (SSSR count). The van der Waals surface area contributed by atoms with Gasteiger partial charge in [-0.15, -0.1) is 6.58 Å². The molecule has 2 aromatic carbocycles. The van der Waals surface area contributed by atoms with Gasteiger partial charge in [0.15, 0.2) is 22.1 Å². The Morgan fingerprint density at radius 3 is 2.29 bits per heavy atom. The second-order valence-corrected chi connectivity index (χ2v) is 7.02. The molecule has 0 radical (unpaired) electrons. The smallest absolute Gasteiger partial charge is 0.279 e. The number of thiazole rings is 1. The minimum atomic E-state index is -0.376. The van der Waals surface area contributed by atoms with Crippen LogP contribution in [0.25, 0.3) is 10.2 Å². The topological polar surface area (TPSA) is 69.9 Å². The maximum absolute atomic E-state index is 12.6. The number of amides is 1. The molecule has 1 heterocycles. The lowest BCUT2D eigenvalue weighted by Gasteiger charge is -2.08. The maximum Gasteiger partial charge on any atom is 0.279 e. The number of rotatable bonds is 6. The fraction of sp³-hybridized carbons (Fsp3) is 0.190. The molecule has 144 valence electrons. The van der Waals surface area contributed by atoms with Gasteiger partial charge in [0.25, 0.3) is 5.91 Å². The minimum Gasteiger partial charge on any atom is -0.493 e. The van der Waals surface area contributed by atoms with Crippen LogP contribution in [0.15, 0.2) is 54.0 Å². The molecule has 1 aromatic heterocycles. The molecule has 0 saturated heterocycles. The Balaban J connectivity index is 2.12. The Bertz CT molecular complexity index is 1120.